The molecule has 0 unspecified atom stereocenters. The van der Waals surface area contributed by atoms with Crippen molar-refractivity contribution in [1.82, 2.24) is 30.0 Å². The second-order valence-electron chi connectivity index (χ2n) is 11.2. The van der Waals surface area contributed by atoms with Gasteiger partial charge in [0.25, 0.3) is 0 Å². The number of fused-ring (bicyclic) bond motifs is 2. The number of aromatic nitrogens is 4. The second-order valence-corrected chi connectivity index (χ2v) is 11.2. The molecular weight excluding hydrogens is 550 g/mol. The third-order valence-corrected chi connectivity index (χ3v) is 8.17. The Labute approximate surface area is 256 Å². The minimum Gasteiger partial charge on any atom is -0.493 e. The van der Waals surface area contributed by atoms with Crippen LogP contribution in [-0.4, -0.2) is 83.5 Å². The van der Waals surface area contributed by atoms with Gasteiger partial charge in [0.15, 0.2) is 17.3 Å². The highest BCUT2D eigenvalue weighted by Gasteiger charge is 2.17. The average molecular weight is 586 g/mol. The van der Waals surface area contributed by atoms with Gasteiger partial charge in [0.05, 0.1) is 24.3 Å². The Kier molecular flexibility index (Phi) is 7.79. The van der Waals surface area contributed by atoms with E-state index in [-0.39, 0.29) is 0 Å². The van der Waals surface area contributed by atoms with Crippen molar-refractivity contribution in [2.45, 2.75) is 0 Å². The zero-order valence-corrected chi connectivity index (χ0v) is 25.0. The van der Waals surface area contributed by atoms with Gasteiger partial charge < -0.3 is 19.7 Å². The first-order valence-corrected chi connectivity index (χ1v) is 14.9. The van der Waals surface area contributed by atoms with Gasteiger partial charge in [-0.2, -0.15) is 5.10 Å². The second kappa shape index (κ2) is 12.3. The van der Waals surface area contributed by atoms with Gasteiger partial charge in [-0.25, -0.2) is 9.97 Å². The molecule has 0 bridgehead atoms. The summed E-state index contributed by atoms with van der Waals surface area (Å²) in [6, 6.07) is 28.7. The SMILES string of the molecule is COc1cc2nc(-c3cccc(-c4ccccc4)c3)nc(Nc3ccc4[nH]ncc4c3)c2cc1OCCN1CCN(C)CC1. The zero-order valence-electron chi connectivity index (χ0n) is 25.0. The van der Waals surface area contributed by atoms with E-state index < -0.39 is 0 Å². The number of H-pyrrole nitrogens is 1. The summed E-state index contributed by atoms with van der Waals surface area (Å²) in [5.41, 5.74) is 5.80. The third kappa shape index (κ3) is 5.92. The molecule has 0 spiro atoms. The minimum absolute atomic E-state index is 0.566. The van der Waals surface area contributed by atoms with Gasteiger partial charge in [-0.15, -0.1) is 0 Å². The van der Waals surface area contributed by atoms with Gasteiger partial charge in [0, 0.05) is 60.8 Å². The summed E-state index contributed by atoms with van der Waals surface area (Å²) < 4.78 is 12.1. The zero-order chi connectivity index (χ0) is 29.9. The van der Waals surface area contributed by atoms with E-state index in [0.717, 1.165) is 76.9 Å². The molecule has 0 aliphatic carbocycles. The molecule has 0 saturated carbocycles. The number of piperazine rings is 1. The number of nitrogens with one attached hydrogen (secondary N) is 2. The topological polar surface area (TPSA) is 91.4 Å². The lowest BCUT2D eigenvalue weighted by Crippen LogP contribution is -2.45. The summed E-state index contributed by atoms with van der Waals surface area (Å²) in [5.74, 6) is 2.62. The molecule has 44 heavy (non-hydrogen) atoms. The van der Waals surface area contributed by atoms with Crippen molar-refractivity contribution < 1.29 is 9.47 Å². The summed E-state index contributed by atoms with van der Waals surface area (Å²) >= 11 is 0. The fraction of sp³-hybridized carbons (Fsp3) is 0.229. The standard InChI is InChI=1S/C35H35N7O2/c1-41-13-15-42(16-14-41)17-18-44-33-21-29-31(22-32(33)43-2)38-34(26-10-6-9-25(19-26)24-7-4-3-5-8-24)39-35(29)37-28-11-12-30-27(20-28)23-36-40-30/h3-12,19-23H,13-18H2,1-2H3,(H,36,40)(H,37,38,39). The number of nitrogens with zero attached hydrogens (tertiary/aromatic N) is 5. The van der Waals surface area contributed by atoms with E-state index in [0.29, 0.717) is 29.7 Å². The molecule has 2 aromatic heterocycles. The molecule has 1 aliphatic rings. The van der Waals surface area contributed by atoms with Crippen LogP contribution in [-0.2, 0) is 0 Å². The van der Waals surface area contributed by atoms with E-state index in [4.69, 9.17) is 19.4 Å². The van der Waals surface area contributed by atoms with E-state index >= 15 is 0 Å². The monoisotopic (exact) mass is 585 g/mol. The Bertz CT molecular complexity index is 1900. The predicted molar refractivity (Wildman–Crippen MR) is 176 cm³/mol. The molecule has 6 aromatic rings. The van der Waals surface area contributed by atoms with E-state index in [1.54, 1.807) is 7.11 Å². The molecule has 4 aromatic carbocycles. The number of aromatic amines is 1. The maximum absolute atomic E-state index is 6.32. The molecule has 222 valence electrons. The highest BCUT2D eigenvalue weighted by Crippen LogP contribution is 2.37. The number of hydrogen-bond acceptors (Lipinski definition) is 8. The summed E-state index contributed by atoms with van der Waals surface area (Å²) in [6.07, 6.45) is 1.82. The van der Waals surface area contributed by atoms with Crippen LogP contribution in [0.5, 0.6) is 11.5 Å². The van der Waals surface area contributed by atoms with Crippen LogP contribution >= 0.6 is 0 Å². The van der Waals surface area contributed by atoms with Crippen molar-refractivity contribution in [3.8, 4) is 34.0 Å². The van der Waals surface area contributed by atoms with Gasteiger partial charge in [0.1, 0.15) is 12.4 Å². The van der Waals surface area contributed by atoms with Crippen molar-refractivity contribution in [2.24, 2.45) is 0 Å². The van der Waals surface area contributed by atoms with Gasteiger partial charge in [-0.1, -0.05) is 48.5 Å². The van der Waals surface area contributed by atoms with Gasteiger partial charge >= 0.3 is 0 Å². The lowest BCUT2D eigenvalue weighted by molar-refractivity contribution is 0.133. The van der Waals surface area contributed by atoms with Gasteiger partial charge in [-0.05, 0) is 48.5 Å². The van der Waals surface area contributed by atoms with Crippen molar-refractivity contribution in [2.75, 3.05) is 58.8 Å². The molecule has 3 heterocycles. The smallest absolute Gasteiger partial charge is 0.162 e. The van der Waals surface area contributed by atoms with Crippen LogP contribution in [0.1, 0.15) is 0 Å². The molecule has 0 amide bonds. The summed E-state index contributed by atoms with van der Waals surface area (Å²) in [5, 5.41) is 12.6. The molecule has 2 N–H and O–H groups in total. The number of benzene rings is 4. The molecule has 7 rings (SSSR count). The molecule has 1 fully saturated rings. The number of methoxy groups -OCH3 is 1. The van der Waals surface area contributed by atoms with Crippen LogP contribution in [0.4, 0.5) is 11.5 Å². The minimum atomic E-state index is 0.566. The molecule has 1 aliphatic heterocycles. The number of ether oxygens (including phenoxy) is 2. The van der Waals surface area contributed by atoms with Crippen LogP contribution < -0.4 is 14.8 Å². The number of anilines is 2. The van der Waals surface area contributed by atoms with Gasteiger partial charge in [0.2, 0.25) is 0 Å². The Morgan fingerprint density at radius 3 is 2.48 bits per heavy atom. The van der Waals surface area contributed by atoms with E-state index in [9.17, 15) is 0 Å². The third-order valence-electron chi connectivity index (χ3n) is 8.17. The van der Waals surface area contributed by atoms with Crippen molar-refractivity contribution >= 4 is 33.3 Å². The Morgan fingerprint density at radius 1 is 0.818 bits per heavy atom. The first kappa shape index (κ1) is 27.8. The van der Waals surface area contributed by atoms with Crippen LogP contribution in [0.25, 0.3) is 44.3 Å². The van der Waals surface area contributed by atoms with Crippen LogP contribution in [0, 0.1) is 0 Å². The highest BCUT2D eigenvalue weighted by molar-refractivity contribution is 5.95. The Morgan fingerprint density at radius 2 is 1.64 bits per heavy atom. The first-order valence-electron chi connectivity index (χ1n) is 14.9. The van der Waals surface area contributed by atoms with Crippen molar-refractivity contribution in [3.05, 3.63) is 91.1 Å². The molecule has 0 atom stereocenters. The maximum Gasteiger partial charge on any atom is 0.162 e. The average Bonchev–Trinajstić information content (AvgIpc) is 3.54. The van der Waals surface area contributed by atoms with Crippen molar-refractivity contribution in [1.29, 1.82) is 0 Å². The summed E-state index contributed by atoms with van der Waals surface area (Å²) in [4.78, 5) is 14.9. The molecule has 1 saturated heterocycles. The largest absolute Gasteiger partial charge is 0.493 e. The molecule has 0 radical (unpaired) electrons. The van der Waals surface area contributed by atoms with Crippen LogP contribution in [0.2, 0.25) is 0 Å². The molecular formula is C35H35N7O2. The lowest BCUT2D eigenvalue weighted by atomic mass is 10.0. The number of likely N-dealkylation sites (N-methyl/N-ethyl adjacent to an activating group) is 1. The first-order chi connectivity index (χ1) is 21.6. The molecule has 9 heteroatoms. The fourth-order valence-electron chi connectivity index (χ4n) is 5.62. The quantitative estimate of drug-likeness (QED) is 0.207. The van der Waals surface area contributed by atoms with Crippen molar-refractivity contribution in [3.63, 3.8) is 0 Å². The number of hydrogen-bond donors (Lipinski definition) is 2. The fourth-order valence-corrected chi connectivity index (χ4v) is 5.62. The Balaban J connectivity index is 1.26. The van der Waals surface area contributed by atoms with Crippen LogP contribution in [0.15, 0.2) is 91.1 Å². The summed E-state index contributed by atoms with van der Waals surface area (Å²) in [6.45, 7) is 5.67. The van der Waals surface area contributed by atoms with Crippen LogP contribution in [0.3, 0.4) is 0 Å². The molecule has 9 nitrogen and oxygen atoms in total. The number of rotatable bonds is 9. The summed E-state index contributed by atoms with van der Waals surface area (Å²) in [7, 11) is 3.83. The van der Waals surface area contributed by atoms with E-state index in [1.165, 1.54) is 0 Å². The van der Waals surface area contributed by atoms with Gasteiger partial charge in [-0.3, -0.25) is 10.00 Å². The van der Waals surface area contributed by atoms with E-state index in [2.05, 4.69) is 62.7 Å². The van der Waals surface area contributed by atoms with E-state index in [1.807, 2.05) is 60.8 Å². The highest BCUT2D eigenvalue weighted by atomic mass is 16.5. The lowest BCUT2D eigenvalue weighted by Gasteiger charge is -2.32. The normalized spacial score (nSPS) is 14.2. The maximum atomic E-state index is 6.32. The predicted octanol–water partition coefficient (Wildman–Crippen LogP) is 6.22. The Hall–Kier alpha value is -4.99.